The van der Waals surface area contributed by atoms with Crippen LogP contribution in [0.3, 0.4) is 0 Å². The van der Waals surface area contributed by atoms with Gasteiger partial charge in [-0.05, 0) is 54.8 Å². The molecule has 150 valence electrons. The molecule has 0 aliphatic heterocycles. The first kappa shape index (κ1) is 21.2. The minimum absolute atomic E-state index is 0.733. The summed E-state index contributed by atoms with van der Waals surface area (Å²) in [5.74, 6) is 0.889. The van der Waals surface area contributed by atoms with E-state index >= 15 is 0 Å². The highest BCUT2D eigenvalue weighted by molar-refractivity contribution is 6.53. The molecule has 0 radical (unpaired) electrons. The summed E-state index contributed by atoms with van der Waals surface area (Å²) < 4.78 is 5.89. The van der Waals surface area contributed by atoms with Gasteiger partial charge in [0.15, 0.2) is 0 Å². The molecule has 1 N–H and O–H groups in total. The second-order valence-electron chi connectivity index (χ2n) is 6.85. The molecule has 0 unspecified atom stereocenters. The quantitative estimate of drug-likeness (QED) is 0.302. The maximum Gasteiger partial charge on any atom is 0.119 e. The fourth-order valence-electron chi connectivity index (χ4n) is 3.19. The maximum absolute atomic E-state index is 6.87. The van der Waals surface area contributed by atoms with E-state index in [1.165, 1.54) is 0 Å². The van der Waals surface area contributed by atoms with E-state index in [-0.39, 0.29) is 0 Å². The third-order valence-electron chi connectivity index (χ3n) is 4.72. The number of nitrogens with one attached hydrogen (secondary N) is 1. The average Bonchev–Trinajstić information content (AvgIpc) is 2.78. The molecule has 0 saturated carbocycles. The van der Waals surface area contributed by atoms with Gasteiger partial charge < -0.3 is 10.1 Å². The molecular formula is C26H28ClNO. The summed E-state index contributed by atoms with van der Waals surface area (Å²) in [5, 5.41) is 4.08. The van der Waals surface area contributed by atoms with Gasteiger partial charge in [-0.25, -0.2) is 0 Å². The lowest BCUT2D eigenvalue weighted by molar-refractivity contribution is 0.306. The van der Waals surface area contributed by atoms with Crippen molar-refractivity contribution in [3.8, 4) is 5.75 Å². The Morgan fingerprint density at radius 1 is 0.759 bits per heavy atom. The molecule has 0 spiro atoms. The first-order valence-electron chi connectivity index (χ1n) is 10.2. The Labute approximate surface area is 179 Å². The van der Waals surface area contributed by atoms with Crippen LogP contribution in [-0.2, 0) is 0 Å². The molecule has 29 heavy (non-hydrogen) atoms. The zero-order valence-corrected chi connectivity index (χ0v) is 17.7. The van der Waals surface area contributed by atoms with Gasteiger partial charge in [-0.2, -0.15) is 0 Å². The fraction of sp³-hybridized carbons (Fsp3) is 0.231. The topological polar surface area (TPSA) is 21.3 Å². The van der Waals surface area contributed by atoms with Crippen molar-refractivity contribution in [3.05, 3.63) is 102 Å². The minimum Gasteiger partial charge on any atom is -0.494 e. The van der Waals surface area contributed by atoms with E-state index in [0.29, 0.717) is 0 Å². The Balaban J connectivity index is 1.79. The Bertz CT molecular complexity index is 889. The molecular weight excluding hydrogens is 378 g/mol. The van der Waals surface area contributed by atoms with Crippen LogP contribution in [0.4, 0.5) is 0 Å². The monoisotopic (exact) mass is 405 g/mol. The second kappa shape index (κ2) is 11.5. The number of ether oxygens (including phenoxy) is 1. The van der Waals surface area contributed by atoms with Crippen LogP contribution in [0, 0.1) is 0 Å². The lowest BCUT2D eigenvalue weighted by Gasteiger charge is -2.13. The van der Waals surface area contributed by atoms with Crippen LogP contribution in [-0.4, -0.2) is 19.7 Å². The van der Waals surface area contributed by atoms with Crippen molar-refractivity contribution in [3.63, 3.8) is 0 Å². The number of benzene rings is 3. The van der Waals surface area contributed by atoms with Crippen LogP contribution >= 0.6 is 11.6 Å². The summed E-state index contributed by atoms with van der Waals surface area (Å²) in [5.41, 5.74) is 4.20. The highest BCUT2D eigenvalue weighted by atomic mass is 35.5. The first-order chi connectivity index (χ1) is 14.3. The van der Waals surface area contributed by atoms with E-state index in [4.69, 9.17) is 16.3 Å². The molecule has 0 saturated heterocycles. The summed E-state index contributed by atoms with van der Waals surface area (Å²) >= 11 is 6.87. The molecule has 0 aliphatic carbocycles. The third-order valence-corrected chi connectivity index (χ3v) is 5.13. The van der Waals surface area contributed by atoms with Crippen LogP contribution < -0.4 is 10.1 Å². The average molecular weight is 406 g/mol. The van der Waals surface area contributed by atoms with E-state index in [2.05, 4.69) is 36.5 Å². The largest absolute Gasteiger partial charge is 0.494 e. The molecule has 0 atom stereocenters. The van der Waals surface area contributed by atoms with Gasteiger partial charge in [-0.15, -0.1) is 0 Å². The van der Waals surface area contributed by atoms with E-state index in [9.17, 15) is 0 Å². The number of rotatable bonds is 10. The van der Waals surface area contributed by atoms with Crippen LogP contribution in [0.15, 0.2) is 84.9 Å². The first-order valence-corrected chi connectivity index (χ1v) is 10.6. The molecule has 3 aromatic carbocycles. The Morgan fingerprint density at radius 3 is 1.97 bits per heavy atom. The van der Waals surface area contributed by atoms with Gasteiger partial charge in [-0.1, -0.05) is 91.3 Å². The highest BCUT2D eigenvalue weighted by Gasteiger charge is 2.12. The second-order valence-corrected chi connectivity index (χ2v) is 7.23. The molecule has 0 fully saturated rings. The van der Waals surface area contributed by atoms with Crippen molar-refractivity contribution in [1.82, 2.24) is 5.32 Å². The summed E-state index contributed by atoms with van der Waals surface area (Å²) in [6, 6.07) is 28.6. The number of hydrogen-bond donors (Lipinski definition) is 1. The summed E-state index contributed by atoms with van der Waals surface area (Å²) in [4.78, 5) is 0. The predicted octanol–water partition coefficient (Wildman–Crippen LogP) is 6.61. The van der Waals surface area contributed by atoms with Crippen LogP contribution in [0.5, 0.6) is 5.75 Å². The van der Waals surface area contributed by atoms with Crippen molar-refractivity contribution >= 4 is 22.2 Å². The van der Waals surface area contributed by atoms with Gasteiger partial charge in [0.1, 0.15) is 5.75 Å². The van der Waals surface area contributed by atoms with Gasteiger partial charge in [0.2, 0.25) is 0 Å². The Kier molecular flexibility index (Phi) is 8.36. The molecule has 0 aromatic heterocycles. The summed E-state index contributed by atoms with van der Waals surface area (Å²) in [6.45, 7) is 4.92. The van der Waals surface area contributed by atoms with E-state index < -0.39 is 0 Å². The van der Waals surface area contributed by atoms with Crippen LogP contribution in [0.25, 0.3) is 10.6 Å². The minimum atomic E-state index is 0.733. The number of unbranched alkanes of at least 4 members (excludes halogenated alkanes) is 1. The molecule has 0 amide bonds. The molecule has 3 heteroatoms. The number of hydrogen-bond acceptors (Lipinski definition) is 2. The van der Waals surface area contributed by atoms with Crippen molar-refractivity contribution in [1.29, 1.82) is 0 Å². The summed E-state index contributed by atoms with van der Waals surface area (Å²) in [6.07, 6.45) is 2.17. The van der Waals surface area contributed by atoms with Crippen molar-refractivity contribution in [2.45, 2.75) is 19.8 Å². The van der Waals surface area contributed by atoms with Crippen molar-refractivity contribution in [2.24, 2.45) is 0 Å². The number of halogens is 1. The van der Waals surface area contributed by atoms with Crippen LogP contribution in [0.2, 0.25) is 0 Å². The zero-order chi connectivity index (χ0) is 20.3. The highest BCUT2D eigenvalue weighted by Crippen LogP contribution is 2.35. The Hall–Kier alpha value is -2.55. The lowest BCUT2D eigenvalue weighted by atomic mass is 9.95. The predicted molar refractivity (Wildman–Crippen MR) is 124 cm³/mol. The standard InChI is InChI=1S/C26H28ClNO/c1-2-28-19-9-10-20-29-24-17-15-22(16-18-24)25(21-11-5-3-6-12-21)26(27)23-13-7-4-8-14-23/h3-8,11-18,28H,2,9-10,19-20H2,1H3/b26-25-. The van der Waals surface area contributed by atoms with Gasteiger partial charge in [0, 0.05) is 5.57 Å². The third kappa shape index (κ3) is 6.22. The SMILES string of the molecule is CCNCCCCOc1ccc(/C(=C(\Cl)c2ccccc2)c2ccccc2)cc1. The molecule has 0 aliphatic rings. The smallest absolute Gasteiger partial charge is 0.119 e. The molecule has 3 aromatic rings. The van der Waals surface area contributed by atoms with E-state index in [1.807, 2.05) is 60.7 Å². The molecule has 0 heterocycles. The van der Waals surface area contributed by atoms with Crippen molar-refractivity contribution in [2.75, 3.05) is 19.7 Å². The fourth-order valence-corrected chi connectivity index (χ4v) is 3.53. The Morgan fingerprint density at radius 2 is 1.34 bits per heavy atom. The van der Waals surface area contributed by atoms with Gasteiger partial charge >= 0.3 is 0 Å². The lowest BCUT2D eigenvalue weighted by Crippen LogP contribution is -2.14. The zero-order valence-electron chi connectivity index (χ0n) is 16.9. The van der Waals surface area contributed by atoms with E-state index in [0.717, 1.165) is 65.6 Å². The molecule has 3 rings (SSSR count). The molecule has 2 nitrogen and oxygen atoms in total. The van der Waals surface area contributed by atoms with Crippen molar-refractivity contribution < 1.29 is 4.74 Å². The maximum atomic E-state index is 6.87. The van der Waals surface area contributed by atoms with Gasteiger partial charge in [-0.3, -0.25) is 0 Å². The van der Waals surface area contributed by atoms with Gasteiger partial charge in [0.05, 0.1) is 11.6 Å². The normalized spacial score (nSPS) is 11.8. The van der Waals surface area contributed by atoms with E-state index in [1.54, 1.807) is 0 Å². The summed E-state index contributed by atoms with van der Waals surface area (Å²) in [7, 11) is 0. The molecule has 0 bridgehead atoms. The van der Waals surface area contributed by atoms with Gasteiger partial charge in [0.25, 0.3) is 0 Å². The van der Waals surface area contributed by atoms with Crippen LogP contribution in [0.1, 0.15) is 36.5 Å².